The zero-order valence-electron chi connectivity index (χ0n) is 11.8. The van der Waals surface area contributed by atoms with E-state index >= 15 is 0 Å². The zero-order chi connectivity index (χ0) is 12.5. The van der Waals surface area contributed by atoms with Crippen LogP contribution in [0.3, 0.4) is 0 Å². The number of hydrogen-bond donors (Lipinski definition) is 1. The van der Waals surface area contributed by atoms with Crippen LogP contribution in [0.2, 0.25) is 0 Å². The summed E-state index contributed by atoms with van der Waals surface area (Å²) in [5.74, 6) is 0. The lowest BCUT2D eigenvalue weighted by Gasteiger charge is -2.38. The van der Waals surface area contributed by atoms with Gasteiger partial charge in [0.25, 0.3) is 0 Å². The molecule has 1 spiro atoms. The van der Waals surface area contributed by atoms with Gasteiger partial charge in [-0.25, -0.2) is 0 Å². The van der Waals surface area contributed by atoms with Gasteiger partial charge in [-0.1, -0.05) is 32.1 Å². The third kappa shape index (κ3) is 2.46. The summed E-state index contributed by atoms with van der Waals surface area (Å²) in [4.78, 5) is 0. The molecule has 1 saturated heterocycles. The molecule has 2 aliphatic carbocycles. The topological polar surface area (TPSA) is 35.2 Å². The first kappa shape index (κ1) is 12.9. The Morgan fingerprint density at radius 1 is 0.889 bits per heavy atom. The highest BCUT2D eigenvalue weighted by Crippen LogP contribution is 2.48. The van der Waals surface area contributed by atoms with Crippen molar-refractivity contribution in [1.29, 1.82) is 0 Å². The van der Waals surface area contributed by atoms with Gasteiger partial charge in [0, 0.05) is 0 Å². The molecule has 1 aliphatic heterocycles. The number of rotatable bonds is 3. The van der Waals surface area contributed by atoms with E-state index in [2.05, 4.69) is 0 Å². The Morgan fingerprint density at radius 3 is 2.22 bits per heavy atom. The van der Waals surface area contributed by atoms with Gasteiger partial charge in [-0.15, -0.1) is 0 Å². The van der Waals surface area contributed by atoms with Gasteiger partial charge in [-0.3, -0.25) is 0 Å². The van der Waals surface area contributed by atoms with Crippen molar-refractivity contribution in [2.24, 2.45) is 11.1 Å². The van der Waals surface area contributed by atoms with E-state index in [-0.39, 0.29) is 0 Å². The van der Waals surface area contributed by atoms with Crippen molar-refractivity contribution in [2.75, 3.05) is 6.54 Å². The minimum absolute atomic E-state index is 0.301. The molecule has 1 atom stereocenters. The number of nitrogens with two attached hydrogens (primary N) is 1. The molecule has 2 N–H and O–H groups in total. The molecule has 3 rings (SSSR count). The van der Waals surface area contributed by atoms with Crippen molar-refractivity contribution >= 4 is 0 Å². The second-order valence-electron chi connectivity index (χ2n) is 7.14. The van der Waals surface area contributed by atoms with Crippen LogP contribution in [0.25, 0.3) is 0 Å². The van der Waals surface area contributed by atoms with Crippen LogP contribution in [-0.4, -0.2) is 18.2 Å². The molecule has 0 aromatic heterocycles. The van der Waals surface area contributed by atoms with Crippen LogP contribution < -0.4 is 5.73 Å². The lowest BCUT2D eigenvalue weighted by molar-refractivity contribution is -0.0566. The van der Waals surface area contributed by atoms with Gasteiger partial charge in [0.2, 0.25) is 0 Å². The Labute approximate surface area is 112 Å². The summed E-state index contributed by atoms with van der Waals surface area (Å²) >= 11 is 0. The van der Waals surface area contributed by atoms with Crippen LogP contribution in [0.4, 0.5) is 0 Å². The molecule has 0 radical (unpaired) electrons. The van der Waals surface area contributed by atoms with Crippen molar-refractivity contribution in [3.05, 3.63) is 0 Å². The van der Waals surface area contributed by atoms with Crippen LogP contribution in [0, 0.1) is 5.41 Å². The molecular formula is C16H29NO. The van der Waals surface area contributed by atoms with Crippen LogP contribution >= 0.6 is 0 Å². The minimum Gasteiger partial charge on any atom is -0.372 e. The minimum atomic E-state index is 0.301. The maximum absolute atomic E-state index is 6.48. The summed E-state index contributed by atoms with van der Waals surface area (Å²) in [5.41, 5.74) is 6.83. The molecule has 2 saturated carbocycles. The lowest BCUT2D eigenvalue weighted by Crippen LogP contribution is -2.37. The highest BCUT2D eigenvalue weighted by Gasteiger charge is 2.44. The fourth-order valence-electron chi connectivity index (χ4n) is 4.70. The molecule has 0 amide bonds. The molecule has 0 bridgehead atoms. The Bertz CT molecular complexity index is 277. The van der Waals surface area contributed by atoms with Gasteiger partial charge in [0.15, 0.2) is 0 Å². The van der Waals surface area contributed by atoms with Gasteiger partial charge >= 0.3 is 0 Å². The quantitative estimate of drug-likeness (QED) is 0.828. The van der Waals surface area contributed by atoms with E-state index in [0.29, 0.717) is 17.1 Å². The van der Waals surface area contributed by atoms with Gasteiger partial charge in [0.05, 0.1) is 11.7 Å². The van der Waals surface area contributed by atoms with Crippen molar-refractivity contribution in [3.8, 4) is 0 Å². The normalized spacial score (nSPS) is 34.2. The van der Waals surface area contributed by atoms with E-state index in [1.165, 1.54) is 77.0 Å². The van der Waals surface area contributed by atoms with Gasteiger partial charge in [-0.2, -0.15) is 0 Å². The second kappa shape index (κ2) is 5.13. The van der Waals surface area contributed by atoms with Gasteiger partial charge in [-0.05, 0) is 56.9 Å². The first-order valence-corrected chi connectivity index (χ1v) is 8.14. The molecule has 2 nitrogen and oxygen atoms in total. The average molecular weight is 251 g/mol. The first-order valence-electron chi connectivity index (χ1n) is 8.14. The average Bonchev–Trinajstić information content (AvgIpc) is 3.02. The number of ether oxygens (including phenoxy) is 1. The standard InChI is InChI=1S/C16H29NO/c17-13-15(7-2-1-3-8-15)12-14-6-11-16(18-14)9-4-5-10-16/h14H,1-13,17H2. The van der Waals surface area contributed by atoms with E-state index in [9.17, 15) is 0 Å². The molecular weight excluding hydrogens is 222 g/mol. The molecule has 0 aromatic rings. The molecule has 3 aliphatic rings. The Balaban J connectivity index is 1.59. The molecule has 2 heteroatoms. The molecule has 18 heavy (non-hydrogen) atoms. The fraction of sp³-hybridized carbons (Fsp3) is 1.00. The van der Waals surface area contributed by atoms with Gasteiger partial charge < -0.3 is 10.5 Å². The molecule has 3 fully saturated rings. The second-order valence-corrected chi connectivity index (χ2v) is 7.14. The zero-order valence-corrected chi connectivity index (χ0v) is 11.8. The summed E-state index contributed by atoms with van der Waals surface area (Å²) in [6.07, 6.45) is 16.6. The summed E-state index contributed by atoms with van der Waals surface area (Å²) in [6.45, 7) is 0.875. The predicted molar refractivity (Wildman–Crippen MR) is 74.5 cm³/mol. The predicted octanol–water partition coefficient (Wildman–Crippen LogP) is 3.78. The van der Waals surface area contributed by atoms with Crippen LogP contribution in [0.1, 0.15) is 77.0 Å². The molecule has 0 aromatic carbocycles. The van der Waals surface area contributed by atoms with E-state index in [4.69, 9.17) is 10.5 Å². The third-order valence-corrected chi connectivity index (χ3v) is 5.86. The summed E-state index contributed by atoms with van der Waals surface area (Å²) in [6, 6.07) is 0. The van der Waals surface area contributed by atoms with Crippen molar-refractivity contribution in [2.45, 2.75) is 88.8 Å². The monoisotopic (exact) mass is 251 g/mol. The Kier molecular flexibility index (Phi) is 3.68. The summed E-state index contributed by atoms with van der Waals surface area (Å²) < 4.78 is 6.48. The molecule has 1 heterocycles. The van der Waals surface area contributed by atoms with E-state index < -0.39 is 0 Å². The van der Waals surface area contributed by atoms with E-state index in [1.54, 1.807) is 0 Å². The number of hydrogen-bond acceptors (Lipinski definition) is 2. The molecule has 1 unspecified atom stereocenters. The Hall–Kier alpha value is -0.0800. The van der Waals surface area contributed by atoms with Gasteiger partial charge in [0.1, 0.15) is 0 Å². The highest BCUT2D eigenvalue weighted by atomic mass is 16.5. The Morgan fingerprint density at radius 2 is 1.56 bits per heavy atom. The largest absolute Gasteiger partial charge is 0.372 e. The lowest BCUT2D eigenvalue weighted by atomic mass is 9.70. The molecule has 104 valence electrons. The van der Waals surface area contributed by atoms with Crippen molar-refractivity contribution in [3.63, 3.8) is 0 Å². The SMILES string of the molecule is NCC1(CC2CCC3(CCCC3)O2)CCCCC1. The first-order chi connectivity index (χ1) is 8.76. The van der Waals surface area contributed by atoms with Crippen molar-refractivity contribution < 1.29 is 4.74 Å². The van der Waals surface area contributed by atoms with Crippen LogP contribution in [-0.2, 0) is 4.74 Å². The third-order valence-electron chi connectivity index (χ3n) is 5.86. The highest BCUT2D eigenvalue weighted by molar-refractivity contribution is 4.95. The van der Waals surface area contributed by atoms with E-state index in [1.807, 2.05) is 0 Å². The van der Waals surface area contributed by atoms with Crippen LogP contribution in [0.15, 0.2) is 0 Å². The maximum Gasteiger partial charge on any atom is 0.0687 e. The van der Waals surface area contributed by atoms with E-state index in [0.717, 1.165) is 6.54 Å². The van der Waals surface area contributed by atoms with Crippen molar-refractivity contribution in [1.82, 2.24) is 0 Å². The fourth-order valence-corrected chi connectivity index (χ4v) is 4.70. The smallest absolute Gasteiger partial charge is 0.0687 e. The van der Waals surface area contributed by atoms with Crippen LogP contribution in [0.5, 0.6) is 0 Å². The summed E-state index contributed by atoms with van der Waals surface area (Å²) in [5, 5.41) is 0. The summed E-state index contributed by atoms with van der Waals surface area (Å²) in [7, 11) is 0. The maximum atomic E-state index is 6.48.